The van der Waals surface area contributed by atoms with E-state index in [0.717, 1.165) is 11.1 Å². The highest BCUT2D eigenvalue weighted by Crippen LogP contribution is 2.22. The van der Waals surface area contributed by atoms with E-state index >= 15 is 0 Å². The minimum atomic E-state index is -3.61. The van der Waals surface area contributed by atoms with E-state index in [-0.39, 0.29) is 17.3 Å². The Morgan fingerprint density at radius 3 is 2.58 bits per heavy atom. The van der Waals surface area contributed by atoms with Gasteiger partial charge in [-0.3, -0.25) is 4.79 Å². The summed E-state index contributed by atoms with van der Waals surface area (Å²) in [6.07, 6.45) is 0. The molecule has 0 spiro atoms. The van der Waals surface area contributed by atoms with E-state index in [1.165, 1.54) is 17.0 Å². The van der Waals surface area contributed by atoms with Crippen LogP contribution in [0.25, 0.3) is 0 Å². The number of hydrogen-bond donors (Lipinski definition) is 1. The van der Waals surface area contributed by atoms with Crippen molar-refractivity contribution in [2.24, 2.45) is 0 Å². The third kappa shape index (κ3) is 4.62. The molecule has 0 saturated heterocycles. The fraction of sp³-hybridized carbons (Fsp3) is 0.316. The van der Waals surface area contributed by atoms with E-state index in [0.29, 0.717) is 17.9 Å². The number of nitrogens with zero attached hydrogens (tertiary/aromatic N) is 1. The standard InChI is InChI=1S/C19H24N2O4S/c1-5-20-26(23,24)17-8-6-7-15(12-17)19(22)21(3)13-16-11-14(2)9-10-18(16)25-4/h6-12,20H,5,13H2,1-4H3. The average Bonchev–Trinajstić information content (AvgIpc) is 2.61. The van der Waals surface area contributed by atoms with E-state index in [2.05, 4.69) is 4.72 Å². The molecule has 0 heterocycles. The topological polar surface area (TPSA) is 75.7 Å². The Kier molecular flexibility index (Phi) is 6.39. The Labute approximate surface area is 154 Å². The quantitative estimate of drug-likeness (QED) is 0.806. The van der Waals surface area contributed by atoms with Gasteiger partial charge in [0.25, 0.3) is 5.91 Å². The molecule has 26 heavy (non-hydrogen) atoms. The van der Waals surface area contributed by atoms with Crippen LogP contribution in [0.2, 0.25) is 0 Å². The molecule has 2 rings (SSSR count). The van der Waals surface area contributed by atoms with Crippen molar-refractivity contribution in [1.29, 1.82) is 0 Å². The molecule has 0 radical (unpaired) electrons. The molecule has 0 unspecified atom stereocenters. The molecule has 1 N–H and O–H groups in total. The van der Waals surface area contributed by atoms with Crippen LogP contribution in [0, 0.1) is 6.92 Å². The van der Waals surface area contributed by atoms with Crippen molar-refractivity contribution in [3.05, 3.63) is 59.2 Å². The van der Waals surface area contributed by atoms with Gasteiger partial charge in [0.05, 0.1) is 12.0 Å². The smallest absolute Gasteiger partial charge is 0.253 e. The highest BCUT2D eigenvalue weighted by Gasteiger charge is 2.18. The molecule has 0 aliphatic carbocycles. The molecule has 2 aromatic carbocycles. The van der Waals surface area contributed by atoms with Gasteiger partial charge in [-0.05, 0) is 31.2 Å². The predicted octanol–water partition coefficient (Wildman–Crippen LogP) is 2.57. The van der Waals surface area contributed by atoms with Gasteiger partial charge in [0.1, 0.15) is 5.75 Å². The molecule has 0 atom stereocenters. The number of methoxy groups -OCH3 is 1. The van der Waals surface area contributed by atoms with Crippen LogP contribution in [0.5, 0.6) is 5.75 Å². The number of rotatable bonds is 7. The SMILES string of the molecule is CCNS(=O)(=O)c1cccc(C(=O)N(C)Cc2cc(C)ccc2OC)c1. The molecule has 0 aliphatic heterocycles. The summed E-state index contributed by atoms with van der Waals surface area (Å²) < 4.78 is 32.0. The maximum atomic E-state index is 12.7. The normalized spacial score (nSPS) is 11.2. The maximum Gasteiger partial charge on any atom is 0.253 e. The van der Waals surface area contributed by atoms with Gasteiger partial charge >= 0.3 is 0 Å². The van der Waals surface area contributed by atoms with Crippen LogP contribution in [0.4, 0.5) is 0 Å². The first-order valence-electron chi connectivity index (χ1n) is 8.27. The Bertz CT molecular complexity index is 894. The van der Waals surface area contributed by atoms with Gasteiger partial charge in [0.2, 0.25) is 10.0 Å². The van der Waals surface area contributed by atoms with Crippen LogP contribution in [0.15, 0.2) is 47.4 Å². The summed E-state index contributed by atoms with van der Waals surface area (Å²) in [6.45, 7) is 4.32. The third-order valence-electron chi connectivity index (χ3n) is 3.92. The molecule has 0 saturated carbocycles. The van der Waals surface area contributed by atoms with E-state index in [1.54, 1.807) is 33.2 Å². The number of amides is 1. The number of ether oxygens (including phenoxy) is 1. The van der Waals surface area contributed by atoms with Gasteiger partial charge in [0.15, 0.2) is 0 Å². The first kappa shape index (κ1) is 19.9. The van der Waals surface area contributed by atoms with Gasteiger partial charge < -0.3 is 9.64 Å². The molecular weight excluding hydrogens is 352 g/mol. The van der Waals surface area contributed by atoms with E-state index in [9.17, 15) is 13.2 Å². The second kappa shape index (κ2) is 8.33. The highest BCUT2D eigenvalue weighted by atomic mass is 32.2. The maximum absolute atomic E-state index is 12.7. The van der Waals surface area contributed by atoms with Crippen LogP contribution in [0.3, 0.4) is 0 Å². The Hall–Kier alpha value is -2.38. The molecule has 0 aromatic heterocycles. The molecule has 0 fully saturated rings. The molecule has 0 bridgehead atoms. The zero-order valence-electron chi connectivity index (χ0n) is 15.4. The summed E-state index contributed by atoms with van der Waals surface area (Å²) in [4.78, 5) is 14.4. The number of sulfonamides is 1. The molecule has 140 valence electrons. The first-order valence-corrected chi connectivity index (χ1v) is 9.75. The number of carbonyl (C=O) groups is 1. The summed E-state index contributed by atoms with van der Waals surface area (Å²) in [7, 11) is -0.343. The fourth-order valence-corrected chi connectivity index (χ4v) is 3.73. The highest BCUT2D eigenvalue weighted by molar-refractivity contribution is 7.89. The van der Waals surface area contributed by atoms with E-state index in [4.69, 9.17) is 4.74 Å². The summed E-state index contributed by atoms with van der Waals surface area (Å²) in [5, 5.41) is 0. The lowest BCUT2D eigenvalue weighted by Gasteiger charge is -2.19. The number of benzene rings is 2. The van der Waals surface area contributed by atoms with Crippen LogP contribution < -0.4 is 9.46 Å². The number of carbonyl (C=O) groups excluding carboxylic acids is 1. The van der Waals surface area contributed by atoms with E-state index < -0.39 is 10.0 Å². The van der Waals surface area contributed by atoms with Gasteiger partial charge in [-0.1, -0.05) is 30.7 Å². The van der Waals surface area contributed by atoms with Crippen molar-refractivity contribution in [2.45, 2.75) is 25.3 Å². The van der Waals surface area contributed by atoms with Gasteiger partial charge in [-0.2, -0.15) is 0 Å². The lowest BCUT2D eigenvalue weighted by Crippen LogP contribution is -2.27. The van der Waals surface area contributed by atoms with E-state index in [1.807, 2.05) is 25.1 Å². The van der Waals surface area contributed by atoms with Crippen molar-refractivity contribution < 1.29 is 17.9 Å². The van der Waals surface area contributed by atoms with Crippen molar-refractivity contribution in [3.63, 3.8) is 0 Å². The van der Waals surface area contributed by atoms with Crippen LogP contribution >= 0.6 is 0 Å². The lowest BCUT2D eigenvalue weighted by atomic mass is 10.1. The summed E-state index contributed by atoms with van der Waals surface area (Å²) >= 11 is 0. The van der Waals surface area contributed by atoms with Crippen LogP contribution in [-0.2, 0) is 16.6 Å². The number of nitrogens with one attached hydrogen (secondary N) is 1. The number of hydrogen-bond acceptors (Lipinski definition) is 4. The Morgan fingerprint density at radius 1 is 1.19 bits per heavy atom. The minimum absolute atomic E-state index is 0.0757. The summed E-state index contributed by atoms with van der Waals surface area (Å²) in [5.41, 5.74) is 2.28. The first-order chi connectivity index (χ1) is 12.3. The fourth-order valence-electron chi connectivity index (χ4n) is 2.65. The predicted molar refractivity (Wildman–Crippen MR) is 101 cm³/mol. The minimum Gasteiger partial charge on any atom is -0.496 e. The Morgan fingerprint density at radius 2 is 1.92 bits per heavy atom. The molecule has 2 aromatic rings. The van der Waals surface area contributed by atoms with Gasteiger partial charge in [-0.25, -0.2) is 13.1 Å². The second-order valence-electron chi connectivity index (χ2n) is 6.01. The molecule has 0 aliphatic rings. The molecule has 6 nitrogen and oxygen atoms in total. The van der Waals surface area contributed by atoms with Crippen LogP contribution in [-0.4, -0.2) is 39.9 Å². The van der Waals surface area contributed by atoms with Crippen molar-refractivity contribution in [2.75, 3.05) is 20.7 Å². The van der Waals surface area contributed by atoms with Crippen molar-refractivity contribution in [1.82, 2.24) is 9.62 Å². The molecular formula is C19H24N2O4S. The largest absolute Gasteiger partial charge is 0.496 e. The van der Waals surface area contributed by atoms with Gasteiger partial charge in [0, 0.05) is 31.3 Å². The van der Waals surface area contributed by atoms with Crippen molar-refractivity contribution >= 4 is 15.9 Å². The zero-order valence-corrected chi connectivity index (χ0v) is 16.3. The van der Waals surface area contributed by atoms with Crippen molar-refractivity contribution in [3.8, 4) is 5.75 Å². The third-order valence-corrected chi connectivity index (χ3v) is 5.46. The summed E-state index contributed by atoms with van der Waals surface area (Å²) in [6, 6.07) is 11.8. The molecule has 7 heteroatoms. The number of aryl methyl sites for hydroxylation is 1. The monoisotopic (exact) mass is 376 g/mol. The summed E-state index contributed by atoms with van der Waals surface area (Å²) in [5.74, 6) is 0.445. The lowest BCUT2D eigenvalue weighted by molar-refractivity contribution is 0.0784. The van der Waals surface area contributed by atoms with Crippen LogP contribution in [0.1, 0.15) is 28.4 Å². The van der Waals surface area contributed by atoms with Gasteiger partial charge in [-0.15, -0.1) is 0 Å². The second-order valence-corrected chi connectivity index (χ2v) is 7.77. The zero-order chi connectivity index (χ0) is 19.3. The molecule has 1 amide bonds. The Balaban J connectivity index is 2.25. The average molecular weight is 376 g/mol.